The van der Waals surface area contributed by atoms with Gasteiger partial charge in [0, 0.05) is 11.1 Å². The first kappa shape index (κ1) is 33.1. The first-order valence-electron chi connectivity index (χ1n) is 17.6. The molecular weight excluding hydrogens is 684 g/mol. The molecule has 0 saturated heterocycles. The van der Waals surface area contributed by atoms with Crippen molar-refractivity contribution in [1.82, 2.24) is 19.9 Å². The Labute approximate surface area is 312 Å². The molecule has 0 spiro atoms. The summed E-state index contributed by atoms with van der Waals surface area (Å²) in [7, 11) is -3.30. The fourth-order valence-electron chi connectivity index (χ4n) is 7.12. The Morgan fingerprint density at radius 1 is 0.444 bits per heavy atom. The zero-order valence-corrected chi connectivity index (χ0v) is 30.0. The second-order valence-electron chi connectivity index (χ2n) is 13.2. The van der Waals surface area contributed by atoms with Gasteiger partial charge in [0.05, 0.1) is 11.4 Å². The molecule has 2 aromatic heterocycles. The van der Waals surface area contributed by atoms with E-state index in [0.717, 1.165) is 54.8 Å². The molecule has 258 valence electrons. The summed E-state index contributed by atoms with van der Waals surface area (Å²) < 4.78 is 0. The SMILES string of the molecule is N=C1C=Cc2c(-c3ccccc3)nc3cc(-c4nc(-c5ccccc5)nc(-c5ccc([PH](O)(c6ccccc6)c6ccccc6)cc5)n4)ccc3c2C1=N. The minimum atomic E-state index is -3.30. The summed E-state index contributed by atoms with van der Waals surface area (Å²) >= 11 is 0. The average Bonchev–Trinajstić information content (AvgIpc) is 3.25. The van der Waals surface area contributed by atoms with Crippen molar-refractivity contribution in [3.8, 4) is 45.4 Å². The third-order valence-corrected chi connectivity index (χ3v) is 13.4. The Kier molecular flexibility index (Phi) is 8.35. The molecule has 1 aliphatic carbocycles. The zero-order chi connectivity index (χ0) is 36.6. The molecule has 0 radical (unpaired) electrons. The quantitative estimate of drug-likeness (QED) is 0.143. The number of nitrogens with one attached hydrogen (secondary N) is 2. The van der Waals surface area contributed by atoms with Crippen LogP contribution in [0.5, 0.6) is 0 Å². The van der Waals surface area contributed by atoms with Crippen LogP contribution in [0.2, 0.25) is 0 Å². The summed E-state index contributed by atoms with van der Waals surface area (Å²) in [6.45, 7) is 0. The van der Waals surface area contributed by atoms with Gasteiger partial charge < -0.3 is 0 Å². The Balaban J connectivity index is 1.19. The fraction of sp³-hybridized carbons (Fsp3) is 0. The summed E-state index contributed by atoms with van der Waals surface area (Å²) in [4.78, 5) is 32.6. The monoisotopic (exact) mass is 716 g/mol. The van der Waals surface area contributed by atoms with Crippen molar-refractivity contribution in [1.29, 1.82) is 10.8 Å². The van der Waals surface area contributed by atoms with Crippen molar-refractivity contribution in [3.05, 3.63) is 181 Å². The molecule has 6 aromatic carbocycles. The maximum absolute atomic E-state index is 12.5. The van der Waals surface area contributed by atoms with Crippen LogP contribution in [0.15, 0.2) is 170 Å². The molecule has 8 heteroatoms. The molecule has 0 aliphatic heterocycles. The predicted octanol–water partition coefficient (Wildman–Crippen LogP) is 8.44. The Bertz CT molecular complexity index is 2700. The minimum absolute atomic E-state index is 0.160. The summed E-state index contributed by atoms with van der Waals surface area (Å²) in [6, 6.07) is 53.3. The molecule has 2 heterocycles. The molecule has 0 fully saturated rings. The van der Waals surface area contributed by atoms with Gasteiger partial charge in [0.25, 0.3) is 0 Å². The summed E-state index contributed by atoms with van der Waals surface area (Å²) in [6.07, 6.45) is 3.55. The third-order valence-electron chi connectivity index (χ3n) is 9.88. The van der Waals surface area contributed by atoms with Gasteiger partial charge in [-0.3, -0.25) is 10.8 Å². The number of pyridine rings is 1. The molecule has 1 aliphatic rings. The van der Waals surface area contributed by atoms with E-state index in [1.165, 1.54) is 0 Å². The first-order chi connectivity index (χ1) is 26.5. The van der Waals surface area contributed by atoms with Crippen LogP contribution < -0.4 is 15.9 Å². The first-order valence-corrected chi connectivity index (χ1v) is 19.6. The van der Waals surface area contributed by atoms with Crippen LogP contribution in [0.25, 0.3) is 62.4 Å². The Hall–Kier alpha value is -6.79. The van der Waals surface area contributed by atoms with Gasteiger partial charge in [-0.15, -0.1) is 0 Å². The fourth-order valence-corrected chi connectivity index (χ4v) is 10.1. The van der Waals surface area contributed by atoms with Crippen LogP contribution >= 0.6 is 7.49 Å². The van der Waals surface area contributed by atoms with Crippen LogP contribution in [0.4, 0.5) is 0 Å². The second kappa shape index (κ2) is 13.6. The molecule has 0 atom stereocenters. The average molecular weight is 717 g/mol. The van der Waals surface area contributed by atoms with E-state index in [2.05, 4.69) is 0 Å². The van der Waals surface area contributed by atoms with E-state index < -0.39 is 7.49 Å². The van der Waals surface area contributed by atoms with Crippen LogP contribution in [-0.4, -0.2) is 36.3 Å². The number of benzene rings is 6. The van der Waals surface area contributed by atoms with Crippen molar-refractivity contribution in [3.63, 3.8) is 0 Å². The van der Waals surface area contributed by atoms with Gasteiger partial charge in [-0.2, -0.15) is 0 Å². The molecule has 54 heavy (non-hydrogen) atoms. The van der Waals surface area contributed by atoms with Crippen molar-refractivity contribution in [2.24, 2.45) is 0 Å². The smallest absolute Gasteiger partial charge is 0.298 e. The van der Waals surface area contributed by atoms with Gasteiger partial charge in [0.1, 0.15) is 0 Å². The molecule has 7 nitrogen and oxygen atoms in total. The predicted molar refractivity (Wildman–Crippen MR) is 223 cm³/mol. The summed E-state index contributed by atoms with van der Waals surface area (Å²) in [5.41, 5.74) is 6.58. The summed E-state index contributed by atoms with van der Waals surface area (Å²) in [5.74, 6) is 1.51. The molecule has 0 saturated carbocycles. The van der Waals surface area contributed by atoms with Crippen LogP contribution in [-0.2, 0) is 0 Å². The molecule has 0 bridgehead atoms. The number of rotatable bonds is 7. The van der Waals surface area contributed by atoms with Crippen molar-refractivity contribution in [2.75, 3.05) is 0 Å². The number of hydrogen-bond acceptors (Lipinski definition) is 7. The van der Waals surface area contributed by atoms with Gasteiger partial charge in [-0.05, 0) is 12.2 Å². The second-order valence-corrected chi connectivity index (χ2v) is 16.3. The number of fused-ring (bicyclic) bond motifs is 3. The van der Waals surface area contributed by atoms with E-state index in [1.807, 2.05) is 170 Å². The molecule has 8 aromatic rings. The van der Waals surface area contributed by atoms with E-state index in [0.29, 0.717) is 28.6 Å². The maximum atomic E-state index is 12.5. The van der Waals surface area contributed by atoms with E-state index in [9.17, 15) is 4.89 Å². The molecular formula is C46H33N6OP. The Morgan fingerprint density at radius 2 is 0.907 bits per heavy atom. The zero-order valence-electron chi connectivity index (χ0n) is 29.0. The summed E-state index contributed by atoms with van der Waals surface area (Å²) in [5, 5.41) is 20.8. The topological polar surface area (TPSA) is 119 Å². The van der Waals surface area contributed by atoms with Crippen LogP contribution in [0.3, 0.4) is 0 Å². The molecule has 0 unspecified atom stereocenters. The molecule has 3 N–H and O–H groups in total. The number of hydrogen-bond donors (Lipinski definition) is 3. The molecule has 0 amide bonds. The van der Waals surface area contributed by atoms with Gasteiger partial charge in [-0.25, -0.2) is 0 Å². The van der Waals surface area contributed by atoms with E-state index in [1.54, 1.807) is 6.08 Å². The van der Waals surface area contributed by atoms with Crippen molar-refractivity contribution >= 4 is 51.8 Å². The van der Waals surface area contributed by atoms with Crippen LogP contribution in [0.1, 0.15) is 11.1 Å². The standard InChI is InChI=1S/C46H33N6OP/c47-39-28-27-38-41(42(39)48)37-26-23-33(29-40(37)49-43(38)30-13-5-1-6-14-30)46-51-44(31-15-7-2-8-16-31)50-45(52-46)32-21-24-36(25-22-32)54(53,34-17-9-3-10-18-34)35-19-11-4-12-20-35/h1-29,47-48,53-54H. The van der Waals surface area contributed by atoms with Crippen molar-refractivity contribution in [2.45, 2.75) is 0 Å². The molecule has 9 rings (SSSR count). The third kappa shape index (κ3) is 5.82. The van der Waals surface area contributed by atoms with Crippen LogP contribution in [0, 0.1) is 10.8 Å². The van der Waals surface area contributed by atoms with Gasteiger partial charge in [-0.1, -0.05) is 30.3 Å². The van der Waals surface area contributed by atoms with E-state index >= 15 is 0 Å². The number of nitrogens with zero attached hydrogens (tertiary/aromatic N) is 4. The van der Waals surface area contributed by atoms with Gasteiger partial charge in [0.15, 0.2) is 0 Å². The van der Waals surface area contributed by atoms with Gasteiger partial charge >= 0.3 is 238 Å². The van der Waals surface area contributed by atoms with E-state index in [4.69, 9.17) is 30.8 Å². The van der Waals surface area contributed by atoms with Crippen molar-refractivity contribution < 1.29 is 4.89 Å². The van der Waals surface area contributed by atoms with E-state index in [-0.39, 0.29) is 11.4 Å². The Morgan fingerprint density at radius 3 is 1.48 bits per heavy atom. The number of aromatic nitrogens is 4. The number of allylic oxidation sites excluding steroid dienone is 1. The minimum Gasteiger partial charge on any atom is -0.298 e. The normalized spacial score (nSPS) is 12.8. The van der Waals surface area contributed by atoms with Gasteiger partial charge in [0.2, 0.25) is 0 Å².